The molecule has 0 aliphatic rings. The van der Waals surface area contributed by atoms with Gasteiger partial charge in [0.15, 0.2) is 6.61 Å². The normalized spacial score (nSPS) is 13.1. The lowest BCUT2D eigenvalue weighted by atomic mass is 9.90. The number of aromatic nitrogens is 1. The maximum Gasteiger partial charge on any atom is 0.340 e. The Bertz CT molecular complexity index is 915. The van der Waals surface area contributed by atoms with Crippen LogP contribution in [0, 0.1) is 24.2 Å². The molecule has 0 aliphatic heterocycles. The van der Waals surface area contributed by atoms with Gasteiger partial charge in [0.2, 0.25) is 0 Å². The Morgan fingerprint density at radius 2 is 2.00 bits per heavy atom. The summed E-state index contributed by atoms with van der Waals surface area (Å²) in [6.45, 7) is 8.65. The number of nitrogens with zero attached hydrogens (tertiary/aromatic N) is 2. The van der Waals surface area contributed by atoms with Gasteiger partial charge < -0.3 is 10.1 Å². The van der Waals surface area contributed by atoms with E-state index in [1.807, 2.05) is 52.0 Å². The fraction of sp³-hybridized carbons (Fsp3) is 0.429. The maximum absolute atomic E-state index is 12.7. The first-order valence-electron chi connectivity index (χ1n) is 9.01. The summed E-state index contributed by atoms with van der Waals surface area (Å²) < 4.78 is 5.23. The summed E-state index contributed by atoms with van der Waals surface area (Å²) in [5.41, 5.74) is 1.63. The number of amides is 1. The highest BCUT2D eigenvalue weighted by Gasteiger charge is 2.30. The predicted octanol–water partition coefficient (Wildman–Crippen LogP) is 3.32. The van der Waals surface area contributed by atoms with Gasteiger partial charge >= 0.3 is 5.97 Å². The monoisotopic (exact) mass is 367 g/mol. The predicted molar refractivity (Wildman–Crippen MR) is 103 cm³/mol. The molecule has 0 spiro atoms. The van der Waals surface area contributed by atoms with Gasteiger partial charge in [-0.05, 0) is 37.8 Å². The molecule has 0 fully saturated rings. The number of hydrogen-bond acceptors (Lipinski definition) is 5. The fourth-order valence-electron chi connectivity index (χ4n) is 2.80. The molecule has 142 valence electrons. The molecule has 6 nitrogen and oxygen atoms in total. The van der Waals surface area contributed by atoms with E-state index in [0.717, 1.165) is 16.5 Å². The minimum absolute atomic E-state index is 0.0826. The average Bonchev–Trinajstić information content (AvgIpc) is 2.65. The molecule has 1 amide bonds. The summed E-state index contributed by atoms with van der Waals surface area (Å²) in [5.74, 6) is -1.17. The number of esters is 1. The van der Waals surface area contributed by atoms with E-state index in [2.05, 4.69) is 16.4 Å². The maximum atomic E-state index is 12.7. The van der Waals surface area contributed by atoms with Crippen LogP contribution in [0.25, 0.3) is 10.9 Å². The Kier molecular flexibility index (Phi) is 6.17. The first kappa shape index (κ1) is 20.4. The highest BCUT2D eigenvalue weighted by atomic mass is 16.5. The highest BCUT2D eigenvalue weighted by Crippen LogP contribution is 2.24. The highest BCUT2D eigenvalue weighted by molar-refractivity contribution is 5.99. The third-order valence-corrected chi connectivity index (χ3v) is 4.89. The lowest BCUT2D eigenvalue weighted by Gasteiger charge is -2.27. The number of aryl methyl sites for hydroxylation is 2. The second-order valence-electron chi connectivity index (χ2n) is 7.02. The van der Waals surface area contributed by atoms with Crippen LogP contribution in [0.15, 0.2) is 24.3 Å². The van der Waals surface area contributed by atoms with Gasteiger partial charge in [-0.3, -0.25) is 9.78 Å². The number of rotatable bonds is 6. The van der Waals surface area contributed by atoms with Gasteiger partial charge in [-0.15, -0.1) is 0 Å². The van der Waals surface area contributed by atoms with Crippen LogP contribution in [0.2, 0.25) is 0 Å². The number of ether oxygens (including phenoxy) is 1. The molecular formula is C21H25N3O3. The van der Waals surface area contributed by atoms with Gasteiger partial charge in [-0.2, -0.15) is 5.26 Å². The summed E-state index contributed by atoms with van der Waals surface area (Å²) >= 11 is 0. The Hall–Kier alpha value is -2.94. The molecule has 0 aliphatic carbocycles. The number of pyridine rings is 1. The van der Waals surface area contributed by atoms with Crippen molar-refractivity contribution in [1.29, 1.82) is 5.26 Å². The van der Waals surface area contributed by atoms with Crippen LogP contribution in [0.5, 0.6) is 0 Å². The van der Waals surface area contributed by atoms with E-state index in [1.54, 1.807) is 6.92 Å². The number of para-hydroxylation sites is 1. The summed E-state index contributed by atoms with van der Waals surface area (Å²) in [4.78, 5) is 29.4. The largest absolute Gasteiger partial charge is 0.452 e. The second-order valence-corrected chi connectivity index (χ2v) is 7.02. The van der Waals surface area contributed by atoms with E-state index in [9.17, 15) is 14.9 Å². The van der Waals surface area contributed by atoms with Crippen LogP contribution in [0.4, 0.5) is 0 Å². The molecule has 6 heteroatoms. The summed E-state index contributed by atoms with van der Waals surface area (Å²) in [7, 11) is 0. The Morgan fingerprint density at radius 1 is 1.33 bits per heavy atom. The minimum Gasteiger partial charge on any atom is -0.452 e. The molecule has 0 saturated carbocycles. The zero-order chi connectivity index (χ0) is 20.2. The SMILES string of the molecule is CCc1nc2ccccc2c(C)c1C(=O)OCC(=O)N[C@@](C)(C#N)C(C)C. The topological polar surface area (TPSA) is 92.1 Å². The van der Waals surface area contributed by atoms with Crippen molar-refractivity contribution in [1.82, 2.24) is 10.3 Å². The van der Waals surface area contributed by atoms with Crippen LogP contribution >= 0.6 is 0 Å². The van der Waals surface area contributed by atoms with Gasteiger partial charge in [-0.25, -0.2) is 4.79 Å². The third-order valence-electron chi connectivity index (χ3n) is 4.89. The van der Waals surface area contributed by atoms with Gasteiger partial charge in [0.05, 0.1) is 22.8 Å². The van der Waals surface area contributed by atoms with E-state index in [-0.39, 0.29) is 5.92 Å². The summed E-state index contributed by atoms with van der Waals surface area (Å²) in [5, 5.41) is 12.8. The van der Waals surface area contributed by atoms with Gasteiger partial charge in [0.25, 0.3) is 5.91 Å². The Balaban J connectivity index is 2.20. The van der Waals surface area contributed by atoms with E-state index in [1.165, 1.54) is 0 Å². The minimum atomic E-state index is -1.02. The van der Waals surface area contributed by atoms with Crippen molar-refractivity contribution < 1.29 is 14.3 Å². The number of nitrogens with one attached hydrogen (secondary N) is 1. The van der Waals surface area contributed by atoms with Gasteiger partial charge in [0, 0.05) is 5.39 Å². The van der Waals surface area contributed by atoms with Crippen molar-refractivity contribution in [2.24, 2.45) is 5.92 Å². The van der Waals surface area contributed by atoms with Crippen molar-refractivity contribution in [3.05, 3.63) is 41.1 Å². The van der Waals surface area contributed by atoms with Gasteiger partial charge in [0.1, 0.15) is 5.54 Å². The first-order chi connectivity index (χ1) is 12.7. The van der Waals surface area contributed by atoms with Crippen LogP contribution in [0.1, 0.15) is 49.3 Å². The third kappa shape index (κ3) is 4.25. The number of carbonyl (C=O) groups is 2. The van der Waals surface area contributed by atoms with E-state index >= 15 is 0 Å². The molecule has 1 N–H and O–H groups in total. The molecule has 0 radical (unpaired) electrons. The lowest BCUT2D eigenvalue weighted by Crippen LogP contribution is -2.50. The molecular weight excluding hydrogens is 342 g/mol. The molecule has 0 unspecified atom stereocenters. The van der Waals surface area contributed by atoms with Crippen molar-refractivity contribution in [3.63, 3.8) is 0 Å². The molecule has 27 heavy (non-hydrogen) atoms. The zero-order valence-electron chi connectivity index (χ0n) is 16.4. The molecule has 1 atom stereocenters. The molecule has 1 aromatic carbocycles. The van der Waals surface area contributed by atoms with Crippen molar-refractivity contribution in [2.45, 2.75) is 46.6 Å². The van der Waals surface area contributed by atoms with Crippen molar-refractivity contribution >= 4 is 22.8 Å². The quantitative estimate of drug-likeness (QED) is 0.791. The molecule has 1 heterocycles. The fourth-order valence-corrected chi connectivity index (χ4v) is 2.80. The standard InChI is InChI=1S/C21H25N3O3/c1-6-16-19(14(4)15-9-7-8-10-17(15)23-16)20(26)27-11-18(25)24-21(5,12-22)13(2)3/h7-10,13H,6,11H2,1-5H3,(H,24,25)/t21-/m0/s1. The number of fused-ring (bicyclic) bond motifs is 1. The smallest absolute Gasteiger partial charge is 0.340 e. The first-order valence-corrected chi connectivity index (χ1v) is 9.01. The lowest BCUT2D eigenvalue weighted by molar-refractivity contribution is -0.125. The molecule has 1 aromatic heterocycles. The number of hydrogen-bond donors (Lipinski definition) is 1. The molecule has 2 rings (SSSR count). The van der Waals surface area contributed by atoms with Crippen LogP contribution in [0.3, 0.4) is 0 Å². The van der Waals surface area contributed by atoms with Crippen LogP contribution < -0.4 is 5.32 Å². The Labute approximate surface area is 159 Å². The summed E-state index contributed by atoms with van der Waals surface area (Å²) in [6.07, 6.45) is 0.572. The van der Waals surface area contributed by atoms with E-state index in [0.29, 0.717) is 17.7 Å². The molecule has 0 bridgehead atoms. The van der Waals surface area contributed by atoms with E-state index in [4.69, 9.17) is 4.74 Å². The van der Waals surface area contributed by atoms with Crippen molar-refractivity contribution in [2.75, 3.05) is 6.61 Å². The molecule has 2 aromatic rings. The molecule has 0 saturated heterocycles. The Morgan fingerprint density at radius 3 is 2.59 bits per heavy atom. The van der Waals surface area contributed by atoms with Crippen LogP contribution in [-0.2, 0) is 16.0 Å². The number of nitriles is 1. The average molecular weight is 367 g/mol. The zero-order valence-corrected chi connectivity index (χ0v) is 16.4. The number of carbonyl (C=O) groups excluding carboxylic acids is 2. The van der Waals surface area contributed by atoms with Gasteiger partial charge in [-0.1, -0.05) is 39.0 Å². The van der Waals surface area contributed by atoms with E-state index < -0.39 is 24.0 Å². The van der Waals surface area contributed by atoms with Crippen molar-refractivity contribution in [3.8, 4) is 6.07 Å². The second kappa shape index (κ2) is 8.17. The van der Waals surface area contributed by atoms with Crippen LogP contribution in [-0.4, -0.2) is 29.0 Å². The summed E-state index contributed by atoms with van der Waals surface area (Å²) in [6, 6.07) is 9.69. The number of benzene rings is 1.